The second-order valence-electron chi connectivity index (χ2n) is 6.70. The molecule has 122 valence electrons. The lowest BCUT2D eigenvalue weighted by Gasteiger charge is -2.38. The van der Waals surface area contributed by atoms with Crippen molar-refractivity contribution < 1.29 is 4.79 Å². The summed E-state index contributed by atoms with van der Waals surface area (Å²) in [5.41, 5.74) is 0.740. The summed E-state index contributed by atoms with van der Waals surface area (Å²) in [6.45, 7) is 9.65. The number of piperazine rings is 1. The molecule has 1 amide bonds. The van der Waals surface area contributed by atoms with Crippen molar-refractivity contribution in [3.63, 3.8) is 0 Å². The van der Waals surface area contributed by atoms with Gasteiger partial charge in [0.05, 0.1) is 0 Å². The molecule has 4 heteroatoms. The van der Waals surface area contributed by atoms with Crippen LogP contribution >= 0.6 is 0 Å². The Morgan fingerprint density at radius 1 is 1.14 bits per heavy atom. The van der Waals surface area contributed by atoms with E-state index >= 15 is 0 Å². The number of likely N-dealkylation sites (N-methyl/N-ethyl adjacent to an activating group) is 1. The number of nitrogens with zero attached hydrogens (tertiary/aromatic N) is 2. The number of amides is 1. The van der Waals surface area contributed by atoms with E-state index in [1.54, 1.807) is 0 Å². The van der Waals surface area contributed by atoms with Gasteiger partial charge in [0.25, 0.3) is 5.91 Å². The number of carbonyl (C=O) groups excluding carboxylic acids is 1. The molecule has 1 aliphatic rings. The Morgan fingerprint density at radius 2 is 1.77 bits per heavy atom. The van der Waals surface area contributed by atoms with Crippen LogP contribution in [-0.2, 0) is 0 Å². The molecule has 1 unspecified atom stereocenters. The Morgan fingerprint density at radius 3 is 2.36 bits per heavy atom. The third kappa shape index (κ3) is 5.11. The fraction of sp³-hybridized carbons (Fsp3) is 0.611. The van der Waals surface area contributed by atoms with E-state index in [9.17, 15) is 4.79 Å². The minimum Gasteiger partial charge on any atom is -0.350 e. The standard InChI is InChI=1S/C18H29N3O/c1-15(2)13-17(21-11-9-20(3)10-12-21)14-19-18(22)16-7-5-4-6-8-16/h4-8,15,17H,9-14H2,1-3H3,(H,19,22). The van der Waals surface area contributed by atoms with Crippen molar-refractivity contribution in [3.05, 3.63) is 35.9 Å². The highest BCUT2D eigenvalue weighted by Gasteiger charge is 2.23. The lowest BCUT2D eigenvalue weighted by molar-refractivity contribution is 0.0850. The van der Waals surface area contributed by atoms with Gasteiger partial charge in [-0.05, 0) is 31.5 Å². The number of benzene rings is 1. The van der Waals surface area contributed by atoms with Gasteiger partial charge in [0.2, 0.25) is 0 Å². The molecule has 1 aromatic rings. The van der Waals surface area contributed by atoms with E-state index in [-0.39, 0.29) is 5.91 Å². The first-order valence-corrected chi connectivity index (χ1v) is 8.32. The molecule has 0 aromatic heterocycles. The quantitative estimate of drug-likeness (QED) is 0.874. The zero-order chi connectivity index (χ0) is 15.9. The Balaban J connectivity index is 1.90. The zero-order valence-electron chi connectivity index (χ0n) is 14.1. The molecule has 22 heavy (non-hydrogen) atoms. The van der Waals surface area contributed by atoms with Crippen LogP contribution in [0, 0.1) is 5.92 Å². The highest BCUT2D eigenvalue weighted by Crippen LogP contribution is 2.13. The van der Waals surface area contributed by atoms with Crippen molar-refractivity contribution in [2.75, 3.05) is 39.8 Å². The van der Waals surface area contributed by atoms with E-state index in [0.29, 0.717) is 12.0 Å². The summed E-state index contributed by atoms with van der Waals surface area (Å²) in [6.07, 6.45) is 1.12. The second kappa shape index (κ2) is 8.30. The van der Waals surface area contributed by atoms with Gasteiger partial charge in [0, 0.05) is 44.3 Å². The van der Waals surface area contributed by atoms with Crippen LogP contribution in [-0.4, -0.2) is 61.5 Å². The summed E-state index contributed by atoms with van der Waals surface area (Å²) in [6, 6.07) is 9.90. The van der Waals surface area contributed by atoms with Crippen molar-refractivity contribution in [2.24, 2.45) is 5.92 Å². The highest BCUT2D eigenvalue weighted by atomic mass is 16.1. The van der Waals surface area contributed by atoms with Gasteiger partial charge in [-0.3, -0.25) is 9.69 Å². The van der Waals surface area contributed by atoms with Crippen molar-refractivity contribution in [2.45, 2.75) is 26.3 Å². The van der Waals surface area contributed by atoms with Gasteiger partial charge in [-0.1, -0.05) is 32.0 Å². The molecule has 0 aliphatic carbocycles. The minimum atomic E-state index is 0.0310. The van der Waals surface area contributed by atoms with Crippen LogP contribution in [0.3, 0.4) is 0 Å². The molecule has 0 saturated carbocycles. The first kappa shape index (κ1) is 17.0. The van der Waals surface area contributed by atoms with Crippen LogP contribution in [0.5, 0.6) is 0 Å². The van der Waals surface area contributed by atoms with Crippen LogP contribution in [0.4, 0.5) is 0 Å². The van der Waals surface area contributed by atoms with Crippen LogP contribution in [0.25, 0.3) is 0 Å². The molecule has 1 heterocycles. The molecule has 1 atom stereocenters. The normalized spacial score (nSPS) is 18.4. The average molecular weight is 303 g/mol. The first-order chi connectivity index (χ1) is 10.6. The Hall–Kier alpha value is -1.39. The van der Waals surface area contributed by atoms with Crippen LogP contribution in [0.1, 0.15) is 30.6 Å². The van der Waals surface area contributed by atoms with Crippen LogP contribution in [0.15, 0.2) is 30.3 Å². The van der Waals surface area contributed by atoms with E-state index in [1.165, 1.54) is 0 Å². The van der Waals surface area contributed by atoms with Gasteiger partial charge >= 0.3 is 0 Å². The van der Waals surface area contributed by atoms with Crippen LogP contribution < -0.4 is 5.32 Å². The third-order valence-corrected chi connectivity index (χ3v) is 4.33. The molecule has 2 rings (SSSR count). The Bertz CT molecular complexity index is 453. The van der Waals surface area contributed by atoms with E-state index in [0.717, 1.165) is 44.7 Å². The molecule has 1 N–H and O–H groups in total. The average Bonchev–Trinajstić information content (AvgIpc) is 2.52. The maximum atomic E-state index is 12.2. The maximum Gasteiger partial charge on any atom is 0.251 e. The van der Waals surface area contributed by atoms with Gasteiger partial charge in [0.1, 0.15) is 0 Å². The molecular weight excluding hydrogens is 274 g/mol. The van der Waals surface area contributed by atoms with Crippen molar-refractivity contribution in [1.82, 2.24) is 15.1 Å². The molecule has 1 aromatic carbocycles. The third-order valence-electron chi connectivity index (χ3n) is 4.33. The maximum absolute atomic E-state index is 12.2. The fourth-order valence-electron chi connectivity index (χ4n) is 2.99. The summed E-state index contributed by atoms with van der Waals surface area (Å²) < 4.78 is 0. The topological polar surface area (TPSA) is 35.6 Å². The molecule has 1 aliphatic heterocycles. The largest absolute Gasteiger partial charge is 0.350 e. The number of hydrogen-bond donors (Lipinski definition) is 1. The number of rotatable bonds is 6. The SMILES string of the molecule is CC(C)CC(CNC(=O)c1ccccc1)N1CCN(C)CC1. The van der Waals surface area contributed by atoms with Gasteiger partial charge in [0.15, 0.2) is 0 Å². The predicted octanol–water partition coefficient (Wildman–Crippen LogP) is 2.08. The number of hydrogen-bond acceptors (Lipinski definition) is 3. The highest BCUT2D eigenvalue weighted by molar-refractivity contribution is 5.94. The number of nitrogens with one attached hydrogen (secondary N) is 1. The van der Waals surface area contributed by atoms with Gasteiger partial charge in [-0.15, -0.1) is 0 Å². The summed E-state index contributed by atoms with van der Waals surface area (Å²) >= 11 is 0. The van der Waals surface area contributed by atoms with E-state index in [4.69, 9.17) is 0 Å². The Kier molecular flexibility index (Phi) is 6.40. The van der Waals surface area contributed by atoms with Gasteiger partial charge in [-0.25, -0.2) is 0 Å². The molecule has 1 fully saturated rings. The predicted molar refractivity (Wildman–Crippen MR) is 91.1 cm³/mol. The minimum absolute atomic E-state index is 0.0310. The monoisotopic (exact) mass is 303 g/mol. The molecule has 4 nitrogen and oxygen atoms in total. The fourth-order valence-corrected chi connectivity index (χ4v) is 2.99. The van der Waals surface area contributed by atoms with E-state index in [2.05, 4.69) is 36.0 Å². The molecule has 0 spiro atoms. The van der Waals surface area contributed by atoms with Crippen LogP contribution in [0.2, 0.25) is 0 Å². The second-order valence-corrected chi connectivity index (χ2v) is 6.70. The molecule has 0 bridgehead atoms. The first-order valence-electron chi connectivity index (χ1n) is 8.32. The van der Waals surface area contributed by atoms with Gasteiger partial charge in [-0.2, -0.15) is 0 Å². The Labute approximate surface area is 134 Å². The molecular formula is C18H29N3O. The van der Waals surface area contributed by atoms with Crippen molar-refractivity contribution in [1.29, 1.82) is 0 Å². The lowest BCUT2D eigenvalue weighted by Crippen LogP contribution is -2.52. The smallest absolute Gasteiger partial charge is 0.251 e. The lowest BCUT2D eigenvalue weighted by atomic mass is 10.0. The molecule has 1 saturated heterocycles. The summed E-state index contributed by atoms with van der Waals surface area (Å²) in [5.74, 6) is 0.668. The summed E-state index contributed by atoms with van der Waals surface area (Å²) in [7, 11) is 2.17. The number of carbonyl (C=O) groups is 1. The zero-order valence-corrected chi connectivity index (χ0v) is 14.1. The van der Waals surface area contributed by atoms with Crippen molar-refractivity contribution in [3.8, 4) is 0 Å². The summed E-state index contributed by atoms with van der Waals surface area (Å²) in [4.78, 5) is 17.1. The van der Waals surface area contributed by atoms with Gasteiger partial charge < -0.3 is 10.2 Å². The summed E-state index contributed by atoms with van der Waals surface area (Å²) in [5, 5.41) is 3.12. The van der Waals surface area contributed by atoms with E-state index < -0.39 is 0 Å². The molecule has 0 radical (unpaired) electrons. The van der Waals surface area contributed by atoms with E-state index in [1.807, 2.05) is 30.3 Å². The van der Waals surface area contributed by atoms with Crippen molar-refractivity contribution >= 4 is 5.91 Å².